The van der Waals surface area contributed by atoms with E-state index in [-0.39, 0.29) is 12.0 Å². The summed E-state index contributed by atoms with van der Waals surface area (Å²) in [4.78, 5) is 27.0. The topological polar surface area (TPSA) is 112 Å². The number of hydrogen-bond acceptors (Lipinski definition) is 8. The van der Waals surface area contributed by atoms with Gasteiger partial charge in [-0.1, -0.05) is 30.7 Å². The Bertz CT molecular complexity index is 1090. The molecule has 5 rings (SSSR count). The van der Waals surface area contributed by atoms with Crippen LogP contribution in [0.15, 0.2) is 23.8 Å². The van der Waals surface area contributed by atoms with E-state index in [0.29, 0.717) is 29.1 Å². The first kappa shape index (κ1) is 20.0. The smallest absolute Gasteiger partial charge is 0.417 e. The Balaban J connectivity index is 1.46. The second kappa shape index (κ2) is 7.35. The van der Waals surface area contributed by atoms with Crippen LogP contribution in [-0.2, 0) is 4.74 Å². The molecule has 31 heavy (non-hydrogen) atoms. The molecule has 1 unspecified atom stereocenters. The summed E-state index contributed by atoms with van der Waals surface area (Å²) in [5.41, 5.74) is 1.95. The van der Waals surface area contributed by atoms with E-state index in [0.717, 1.165) is 30.4 Å². The number of rotatable bonds is 5. The summed E-state index contributed by atoms with van der Waals surface area (Å²) in [6.45, 7) is 4.06. The van der Waals surface area contributed by atoms with Gasteiger partial charge in [-0.25, -0.2) is 9.69 Å². The van der Waals surface area contributed by atoms with Crippen molar-refractivity contribution >= 4 is 41.4 Å². The van der Waals surface area contributed by atoms with Gasteiger partial charge in [-0.05, 0) is 43.9 Å². The number of aliphatic hydroxyl groups is 1. The number of amides is 1. The number of nitrogens with one attached hydrogen (secondary N) is 2. The first-order valence-corrected chi connectivity index (χ1v) is 10.7. The van der Waals surface area contributed by atoms with Gasteiger partial charge in [-0.2, -0.15) is 15.0 Å². The number of para-hydroxylation sites is 1. The minimum Gasteiger partial charge on any atom is -0.447 e. The van der Waals surface area contributed by atoms with Crippen molar-refractivity contribution in [3.63, 3.8) is 0 Å². The third-order valence-corrected chi connectivity index (χ3v) is 6.28. The SMILES string of the molecule is CC[C@H]1COC(=O)N1c1nc(C)nc(NC2(C3=Cc4cccc(Cl)c4NC3O)CC2)n1. The zero-order valence-corrected chi connectivity index (χ0v) is 18.0. The van der Waals surface area contributed by atoms with Crippen LogP contribution in [-0.4, -0.2) is 50.6 Å². The van der Waals surface area contributed by atoms with E-state index in [1.54, 1.807) is 13.0 Å². The molecule has 3 heterocycles. The summed E-state index contributed by atoms with van der Waals surface area (Å²) in [5.74, 6) is 1.12. The van der Waals surface area contributed by atoms with Crippen LogP contribution in [0.4, 0.5) is 22.4 Å². The number of aryl methyl sites for hydroxylation is 1. The lowest BCUT2D eigenvalue weighted by molar-refractivity contribution is 0.178. The van der Waals surface area contributed by atoms with E-state index >= 15 is 0 Å². The summed E-state index contributed by atoms with van der Waals surface area (Å²) >= 11 is 6.26. The second-order valence-corrected chi connectivity index (χ2v) is 8.48. The Morgan fingerprint density at radius 3 is 2.90 bits per heavy atom. The van der Waals surface area contributed by atoms with Gasteiger partial charge < -0.3 is 20.5 Å². The van der Waals surface area contributed by atoms with Crippen LogP contribution in [0.2, 0.25) is 5.02 Å². The minimum absolute atomic E-state index is 0.106. The molecule has 1 amide bonds. The molecule has 1 saturated heterocycles. The number of anilines is 3. The van der Waals surface area contributed by atoms with Gasteiger partial charge in [0.15, 0.2) is 0 Å². The van der Waals surface area contributed by atoms with Crippen LogP contribution >= 0.6 is 11.6 Å². The van der Waals surface area contributed by atoms with Crippen LogP contribution in [0.5, 0.6) is 0 Å². The highest BCUT2D eigenvalue weighted by Crippen LogP contribution is 2.49. The number of carbonyl (C=O) groups excluding carboxylic acids is 1. The fourth-order valence-corrected chi connectivity index (χ4v) is 4.37. The maximum atomic E-state index is 12.2. The van der Waals surface area contributed by atoms with E-state index in [9.17, 15) is 9.90 Å². The Labute approximate surface area is 184 Å². The molecule has 1 aliphatic carbocycles. The molecular weight excluding hydrogens is 420 g/mol. The number of fused-ring (bicyclic) bond motifs is 1. The standard InChI is InChI=1S/C21H23ClN6O3/c1-3-13-10-31-20(30)28(13)19-24-11(2)23-18(26-19)27-21(7-8-21)14-9-12-5-4-6-15(22)16(12)25-17(14)29/h4-6,9,13,17,25,29H,3,7-8,10H2,1-2H3,(H,23,24,26,27)/t13-,17?/m0/s1. The molecule has 0 bridgehead atoms. The lowest BCUT2D eigenvalue weighted by Crippen LogP contribution is -2.38. The Morgan fingerprint density at radius 1 is 1.35 bits per heavy atom. The lowest BCUT2D eigenvalue weighted by Gasteiger charge is -2.31. The van der Waals surface area contributed by atoms with E-state index in [1.807, 2.05) is 25.1 Å². The number of carbonyl (C=O) groups is 1. The molecule has 2 fully saturated rings. The summed E-state index contributed by atoms with van der Waals surface area (Å²) in [6, 6.07) is 5.50. The molecule has 0 radical (unpaired) electrons. The van der Waals surface area contributed by atoms with Crippen molar-refractivity contribution in [1.29, 1.82) is 0 Å². The van der Waals surface area contributed by atoms with Crippen molar-refractivity contribution in [1.82, 2.24) is 15.0 Å². The zero-order chi connectivity index (χ0) is 21.8. The summed E-state index contributed by atoms with van der Waals surface area (Å²) in [7, 11) is 0. The number of aromatic nitrogens is 3. The first-order valence-electron chi connectivity index (χ1n) is 10.3. The molecule has 10 heteroatoms. The highest BCUT2D eigenvalue weighted by molar-refractivity contribution is 6.33. The Morgan fingerprint density at radius 2 is 2.16 bits per heavy atom. The summed E-state index contributed by atoms with van der Waals surface area (Å²) in [6.07, 6.45) is 2.99. The van der Waals surface area contributed by atoms with Crippen LogP contribution in [0.1, 0.15) is 37.6 Å². The molecule has 2 aliphatic heterocycles. The van der Waals surface area contributed by atoms with Crippen molar-refractivity contribution < 1.29 is 14.6 Å². The number of benzene rings is 1. The molecule has 162 valence electrons. The molecular formula is C21H23ClN6O3. The highest BCUT2D eigenvalue weighted by Gasteiger charge is 2.50. The maximum absolute atomic E-state index is 12.2. The highest BCUT2D eigenvalue weighted by atomic mass is 35.5. The van der Waals surface area contributed by atoms with Gasteiger partial charge in [0.05, 0.1) is 22.3 Å². The van der Waals surface area contributed by atoms with Crippen LogP contribution in [0.3, 0.4) is 0 Å². The molecule has 1 aromatic carbocycles. The average molecular weight is 443 g/mol. The molecule has 2 atom stereocenters. The number of ether oxygens (including phenoxy) is 1. The Kier molecular flexibility index (Phi) is 4.75. The van der Waals surface area contributed by atoms with Gasteiger partial charge >= 0.3 is 6.09 Å². The summed E-state index contributed by atoms with van der Waals surface area (Å²) in [5, 5.41) is 17.8. The number of halogens is 1. The van der Waals surface area contributed by atoms with E-state index < -0.39 is 17.9 Å². The predicted molar refractivity (Wildman–Crippen MR) is 117 cm³/mol. The lowest BCUT2D eigenvalue weighted by atomic mass is 9.95. The third kappa shape index (κ3) is 3.47. The van der Waals surface area contributed by atoms with E-state index in [1.165, 1.54) is 4.90 Å². The number of aliphatic hydroxyl groups excluding tert-OH is 1. The number of hydrogen-bond donors (Lipinski definition) is 3. The van der Waals surface area contributed by atoms with Crippen molar-refractivity contribution in [2.75, 3.05) is 22.1 Å². The van der Waals surface area contributed by atoms with E-state index in [4.69, 9.17) is 16.3 Å². The van der Waals surface area contributed by atoms with Crippen LogP contribution in [0, 0.1) is 6.92 Å². The molecule has 3 aliphatic rings. The Hall–Kier alpha value is -2.91. The monoisotopic (exact) mass is 442 g/mol. The zero-order valence-electron chi connectivity index (χ0n) is 17.2. The fourth-order valence-electron chi connectivity index (χ4n) is 4.14. The molecule has 1 saturated carbocycles. The van der Waals surface area contributed by atoms with E-state index in [2.05, 4.69) is 25.6 Å². The molecule has 9 nitrogen and oxygen atoms in total. The van der Waals surface area contributed by atoms with Gasteiger partial charge in [0.1, 0.15) is 18.7 Å². The van der Waals surface area contributed by atoms with Crippen LogP contribution < -0.4 is 15.5 Å². The van der Waals surface area contributed by atoms with Gasteiger partial charge in [-0.15, -0.1) is 0 Å². The van der Waals surface area contributed by atoms with Crippen molar-refractivity contribution in [3.05, 3.63) is 40.2 Å². The van der Waals surface area contributed by atoms with Crippen molar-refractivity contribution in [3.8, 4) is 0 Å². The molecule has 2 aromatic rings. The normalized spacial score (nSPS) is 23.5. The molecule has 1 aromatic heterocycles. The quantitative estimate of drug-likeness (QED) is 0.646. The molecule has 0 spiro atoms. The second-order valence-electron chi connectivity index (χ2n) is 8.07. The third-order valence-electron chi connectivity index (χ3n) is 5.97. The maximum Gasteiger partial charge on any atom is 0.417 e. The predicted octanol–water partition coefficient (Wildman–Crippen LogP) is 3.34. The van der Waals surface area contributed by atoms with Gasteiger partial charge in [0, 0.05) is 5.57 Å². The van der Waals surface area contributed by atoms with Gasteiger partial charge in [0.2, 0.25) is 11.9 Å². The minimum atomic E-state index is -0.886. The summed E-state index contributed by atoms with van der Waals surface area (Å²) < 4.78 is 5.17. The van der Waals surface area contributed by atoms with Crippen molar-refractivity contribution in [2.24, 2.45) is 0 Å². The first-order chi connectivity index (χ1) is 14.9. The average Bonchev–Trinajstić information content (AvgIpc) is 3.40. The largest absolute Gasteiger partial charge is 0.447 e. The van der Waals surface area contributed by atoms with Gasteiger partial charge in [-0.3, -0.25) is 0 Å². The molecule has 3 N–H and O–H groups in total. The van der Waals surface area contributed by atoms with Crippen LogP contribution in [0.25, 0.3) is 6.08 Å². The van der Waals surface area contributed by atoms with Crippen molar-refractivity contribution in [2.45, 2.75) is 50.9 Å². The number of nitrogens with zero attached hydrogens (tertiary/aromatic N) is 4. The van der Waals surface area contributed by atoms with Gasteiger partial charge in [0.25, 0.3) is 0 Å². The fraction of sp³-hybridized carbons (Fsp3) is 0.429. The number of cyclic esters (lactones) is 1.